The topological polar surface area (TPSA) is 100 Å². The minimum atomic E-state index is -4.61. The van der Waals surface area contributed by atoms with E-state index in [1.807, 2.05) is 0 Å². The van der Waals surface area contributed by atoms with Crippen molar-refractivity contribution in [1.29, 1.82) is 0 Å². The molecule has 0 amide bonds. The highest BCUT2D eigenvalue weighted by molar-refractivity contribution is 7.89. The monoisotopic (exact) mass is 387 g/mol. The maximum absolute atomic E-state index is 12.8. The number of hydrogen-bond donors (Lipinski definition) is 1. The number of hydrogen-bond acceptors (Lipinski definition) is 5. The number of halogens is 3. The van der Waals surface area contributed by atoms with Crippen LogP contribution in [0.3, 0.4) is 0 Å². The van der Waals surface area contributed by atoms with Gasteiger partial charge in [-0.3, -0.25) is 14.8 Å². The summed E-state index contributed by atoms with van der Waals surface area (Å²) in [5.74, 6) is -1.38. The molecule has 1 aliphatic heterocycles. The number of carboxylic acid groups (broad SMARTS) is 1. The van der Waals surface area contributed by atoms with Crippen LogP contribution in [0.4, 0.5) is 13.2 Å². The molecule has 0 saturated heterocycles. The summed E-state index contributed by atoms with van der Waals surface area (Å²) in [4.78, 5) is 19.1. The molecule has 1 atom stereocenters. The number of benzene rings is 1. The smallest absolute Gasteiger partial charge is 0.416 e. The first kappa shape index (κ1) is 18.3. The van der Waals surface area contributed by atoms with Gasteiger partial charge in [0.1, 0.15) is 6.04 Å². The predicted octanol–water partition coefficient (Wildman–Crippen LogP) is 1.70. The molecule has 0 radical (unpaired) electrons. The third-order valence-electron chi connectivity index (χ3n) is 3.97. The molecule has 2 aromatic rings. The fraction of sp³-hybridized carbons (Fsp3) is 0.267. The van der Waals surface area contributed by atoms with Gasteiger partial charge in [-0.05, 0) is 24.3 Å². The number of alkyl halides is 3. The highest BCUT2D eigenvalue weighted by Gasteiger charge is 2.41. The number of nitrogens with zero attached hydrogens (tertiary/aromatic N) is 3. The van der Waals surface area contributed by atoms with Gasteiger partial charge >= 0.3 is 12.1 Å². The van der Waals surface area contributed by atoms with Gasteiger partial charge in [0.25, 0.3) is 0 Å². The third-order valence-corrected chi connectivity index (χ3v) is 5.84. The van der Waals surface area contributed by atoms with E-state index < -0.39 is 38.7 Å². The van der Waals surface area contributed by atoms with E-state index in [0.29, 0.717) is 23.5 Å². The Kier molecular flexibility index (Phi) is 4.44. The molecule has 26 heavy (non-hydrogen) atoms. The Labute approximate surface area is 146 Å². The van der Waals surface area contributed by atoms with Crippen molar-refractivity contribution >= 4 is 16.0 Å². The quantitative estimate of drug-likeness (QED) is 0.860. The van der Waals surface area contributed by atoms with Crippen molar-refractivity contribution in [3.8, 4) is 0 Å². The lowest BCUT2D eigenvalue weighted by Crippen LogP contribution is -2.49. The number of fused-ring (bicyclic) bond motifs is 1. The van der Waals surface area contributed by atoms with Crippen LogP contribution in [0, 0.1) is 0 Å². The van der Waals surface area contributed by atoms with E-state index in [9.17, 15) is 31.5 Å². The van der Waals surface area contributed by atoms with Gasteiger partial charge in [0.15, 0.2) is 0 Å². The second kappa shape index (κ2) is 6.32. The summed E-state index contributed by atoms with van der Waals surface area (Å²) >= 11 is 0. The van der Waals surface area contributed by atoms with Gasteiger partial charge < -0.3 is 5.11 Å². The van der Waals surface area contributed by atoms with Crippen LogP contribution in [0.15, 0.2) is 41.6 Å². The average Bonchev–Trinajstić information content (AvgIpc) is 2.60. The molecule has 1 aromatic carbocycles. The molecule has 0 spiro atoms. The summed E-state index contributed by atoms with van der Waals surface area (Å²) in [6.45, 7) is -0.330. The zero-order chi connectivity index (χ0) is 19.1. The van der Waals surface area contributed by atoms with E-state index in [2.05, 4.69) is 9.97 Å². The van der Waals surface area contributed by atoms with Gasteiger partial charge in [-0.2, -0.15) is 17.5 Å². The van der Waals surface area contributed by atoms with Crippen molar-refractivity contribution in [3.05, 3.63) is 53.6 Å². The standard InChI is InChI=1S/C15H12F3N3O4S/c16-15(17,18)9-1-3-10(4-2-9)26(24,25)21-8-12-11(19-5-6-20-12)7-13(21)14(22)23/h1-6,13H,7-8H2,(H,22,23)/t13-/m1/s1. The van der Waals surface area contributed by atoms with Crippen LogP contribution in [0.5, 0.6) is 0 Å². The number of carbonyl (C=O) groups is 1. The van der Waals surface area contributed by atoms with Gasteiger partial charge in [0.05, 0.1) is 28.4 Å². The van der Waals surface area contributed by atoms with Gasteiger partial charge in [0, 0.05) is 18.8 Å². The molecule has 0 bridgehead atoms. The summed E-state index contributed by atoms with van der Waals surface area (Å²) in [7, 11) is -4.34. The molecular weight excluding hydrogens is 375 g/mol. The second-order valence-corrected chi connectivity index (χ2v) is 7.47. The van der Waals surface area contributed by atoms with Crippen molar-refractivity contribution in [2.75, 3.05) is 0 Å². The minimum Gasteiger partial charge on any atom is -0.480 e. The summed E-state index contributed by atoms with van der Waals surface area (Å²) in [6.07, 6.45) is -2.06. The normalized spacial score (nSPS) is 18.3. The van der Waals surface area contributed by atoms with E-state index in [1.54, 1.807) is 0 Å². The first-order valence-electron chi connectivity index (χ1n) is 7.31. The zero-order valence-corrected chi connectivity index (χ0v) is 13.8. The largest absolute Gasteiger partial charge is 0.480 e. The van der Waals surface area contributed by atoms with Crippen molar-refractivity contribution in [1.82, 2.24) is 14.3 Å². The van der Waals surface area contributed by atoms with E-state index in [1.165, 1.54) is 12.4 Å². The molecule has 1 aliphatic rings. The molecule has 11 heteroatoms. The maximum atomic E-state index is 12.8. The maximum Gasteiger partial charge on any atom is 0.416 e. The molecule has 0 saturated carbocycles. The highest BCUT2D eigenvalue weighted by atomic mass is 32.2. The van der Waals surface area contributed by atoms with Crippen LogP contribution in [-0.4, -0.2) is 39.8 Å². The van der Waals surface area contributed by atoms with E-state index >= 15 is 0 Å². The molecule has 1 aromatic heterocycles. The number of rotatable bonds is 3. The first-order valence-corrected chi connectivity index (χ1v) is 8.75. The van der Waals surface area contributed by atoms with Crippen LogP contribution in [0.1, 0.15) is 17.0 Å². The average molecular weight is 387 g/mol. The van der Waals surface area contributed by atoms with Crippen molar-refractivity contribution in [3.63, 3.8) is 0 Å². The van der Waals surface area contributed by atoms with Gasteiger partial charge in [0.2, 0.25) is 10.0 Å². The van der Waals surface area contributed by atoms with Crippen LogP contribution in [0.2, 0.25) is 0 Å². The summed E-state index contributed by atoms with van der Waals surface area (Å²) in [5.41, 5.74) is -0.319. The SMILES string of the molecule is O=C(O)[C@H]1Cc2nccnc2CN1S(=O)(=O)c1ccc(C(F)(F)F)cc1. The number of carboxylic acids is 1. The van der Waals surface area contributed by atoms with Gasteiger partial charge in [-0.1, -0.05) is 0 Å². The van der Waals surface area contributed by atoms with Crippen LogP contribution in [0.25, 0.3) is 0 Å². The lowest BCUT2D eigenvalue weighted by atomic mass is 10.1. The summed E-state index contributed by atoms with van der Waals surface area (Å²) < 4.78 is 64.3. The summed E-state index contributed by atoms with van der Waals surface area (Å²) in [5, 5.41) is 9.39. The van der Waals surface area contributed by atoms with Crippen LogP contribution < -0.4 is 0 Å². The molecule has 0 unspecified atom stereocenters. The molecule has 2 heterocycles. The van der Waals surface area contributed by atoms with Crippen LogP contribution in [-0.2, 0) is 34.0 Å². The Morgan fingerprint density at radius 1 is 1.12 bits per heavy atom. The highest BCUT2D eigenvalue weighted by Crippen LogP contribution is 2.32. The Bertz CT molecular complexity index is 945. The van der Waals surface area contributed by atoms with Crippen molar-refractivity contribution in [2.24, 2.45) is 0 Å². The molecule has 0 fully saturated rings. The number of aromatic nitrogens is 2. The second-order valence-electron chi connectivity index (χ2n) is 5.58. The van der Waals surface area contributed by atoms with E-state index in [-0.39, 0.29) is 13.0 Å². The van der Waals surface area contributed by atoms with E-state index in [0.717, 1.165) is 16.4 Å². The van der Waals surface area contributed by atoms with Crippen LogP contribution >= 0.6 is 0 Å². The van der Waals surface area contributed by atoms with Gasteiger partial charge in [-0.15, -0.1) is 0 Å². The molecule has 7 nitrogen and oxygen atoms in total. The lowest BCUT2D eigenvalue weighted by Gasteiger charge is -2.32. The Hall–Kier alpha value is -2.53. The Morgan fingerprint density at radius 3 is 2.23 bits per heavy atom. The first-order chi connectivity index (χ1) is 12.1. The molecule has 1 N–H and O–H groups in total. The Balaban J connectivity index is 2.01. The zero-order valence-electron chi connectivity index (χ0n) is 13.0. The molecule has 138 valence electrons. The molecular formula is C15H12F3N3O4S. The van der Waals surface area contributed by atoms with Crippen molar-refractivity contribution < 1.29 is 31.5 Å². The number of sulfonamides is 1. The molecule has 3 rings (SSSR count). The minimum absolute atomic E-state index is 0.182. The fourth-order valence-corrected chi connectivity index (χ4v) is 4.20. The number of aliphatic carboxylic acids is 1. The van der Waals surface area contributed by atoms with Crippen molar-refractivity contribution in [2.45, 2.75) is 30.1 Å². The third kappa shape index (κ3) is 3.27. The van der Waals surface area contributed by atoms with E-state index in [4.69, 9.17) is 0 Å². The fourth-order valence-electron chi connectivity index (χ4n) is 2.66. The van der Waals surface area contributed by atoms with Gasteiger partial charge in [-0.25, -0.2) is 8.42 Å². The summed E-state index contributed by atoms with van der Waals surface area (Å²) in [6, 6.07) is 1.47. The molecule has 0 aliphatic carbocycles. The lowest BCUT2D eigenvalue weighted by molar-refractivity contribution is -0.142. The Morgan fingerprint density at radius 2 is 1.69 bits per heavy atom. The predicted molar refractivity (Wildman–Crippen MR) is 81.3 cm³/mol.